The number of hydrogen-bond donors (Lipinski definition) is 1. The Balaban J connectivity index is 1.95. The number of aromatic hydroxyl groups is 1. The van der Waals surface area contributed by atoms with Crippen LogP contribution in [0.2, 0.25) is 0 Å². The molecule has 1 aromatic heterocycles. The predicted molar refractivity (Wildman–Crippen MR) is 119 cm³/mol. The monoisotopic (exact) mass is 422 g/mol. The lowest BCUT2D eigenvalue weighted by atomic mass is 9.93. The number of ketones is 1. The Morgan fingerprint density at radius 3 is 2.48 bits per heavy atom. The fraction of sp³-hybridized carbons (Fsp3) is 0.480. The Kier molecular flexibility index (Phi) is 7.51. The molecule has 0 saturated heterocycles. The maximum Gasteiger partial charge on any atom is 0.271 e. The number of pyridine rings is 1. The van der Waals surface area contributed by atoms with Crippen molar-refractivity contribution in [2.75, 3.05) is 6.61 Å². The minimum atomic E-state index is -0.517. The number of rotatable bonds is 8. The van der Waals surface area contributed by atoms with Crippen molar-refractivity contribution in [3.05, 3.63) is 56.9 Å². The molecule has 1 aromatic carbocycles. The number of aromatic nitrogens is 1. The molecule has 0 unspecified atom stereocenters. The van der Waals surface area contributed by atoms with Gasteiger partial charge in [0.15, 0.2) is 5.78 Å². The van der Waals surface area contributed by atoms with Crippen LogP contribution in [0, 0.1) is 18.3 Å². The van der Waals surface area contributed by atoms with Crippen molar-refractivity contribution < 1.29 is 14.6 Å². The molecule has 6 heteroatoms. The number of carbonyl (C=O) groups is 1. The van der Waals surface area contributed by atoms with E-state index < -0.39 is 11.3 Å². The summed E-state index contributed by atoms with van der Waals surface area (Å²) in [6.45, 7) is 4.30. The van der Waals surface area contributed by atoms with Crippen LogP contribution in [0.15, 0.2) is 29.1 Å². The number of hydrogen-bond acceptors (Lipinski definition) is 5. The first kappa shape index (κ1) is 22.6. The fourth-order valence-electron chi connectivity index (χ4n) is 4.26. The lowest BCUT2D eigenvalue weighted by molar-refractivity contribution is 0.103. The van der Waals surface area contributed by atoms with Crippen molar-refractivity contribution in [2.24, 2.45) is 0 Å². The summed E-state index contributed by atoms with van der Waals surface area (Å²) in [4.78, 5) is 26.2. The summed E-state index contributed by atoms with van der Waals surface area (Å²) in [5.41, 5.74) is 0.0247. The second-order valence-electron chi connectivity index (χ2n) is 8.19. The molecule has 0 aliphatic heterocycles. The van der Waals surface area contributed by atoms with Gasteiger partial charge in [-0.3, -0.25) is 14.2 Å². The van der Waals surface area contributed by atoms with E-state index in [0.29, 0.717) is 17.9 Å². The van der Waals surface area contributed by atoms with E-state index in [1.54, 1.807) is 31.2 Å². The number of carbonyl (C=O) groups excluding carboxylic acids is 1. The standard InChI is InChI=1S/C25H30N2O4/c1-3-4-8-15-31-20-13-11-18(12-14-20)23(28)22-17(2)21(16-26)24(29)27(25(22)30)19-9-6-5-7-10-19/h11-14,19,30H,3-10,15H2,1-2H3. The van der Waals surface area contributed by atoms with Gasteiger partial charge in [-0.25, -0.2) is 0 Å². The third-order valence-electron chi connectivity index (χ3n) is 6.05. The highest BCUT2D eigenvalue weighted by atomic mass is 16.5. The van der Waals surface area contributed by atoms with Crippen LogP contribution in [-0.4, -0.2) is 22.1 Å². The fourth-order valence-corrected chi connectivity index (χ4v) is 4.26. The Morgan fingerprint density at radius 2 is 1.87 bits per heavy atom. The lowest BCUT2D eigenvalue weighted by Crippen LogP contribution is -2.31. The molecule has 6 nitrogen and oxygen atoms in total. The summed E-state index contributed by atoms with van der Waals surface area (Å²) in [6.07, 6.45) is 7.69. The molecule has 1 fully saturated rings. The van der Waals surface area contributed by atoms with E-state index in [1.807, 2.05) is 6.07 Å². The quantitative estimate of drug-likeness (QED) is 0.475. The van der Waals surface area contributed by atoms with Gasteiger partial charge in [-0.1, -0.05) is 39.0 Å². The molecule has 3 rings (SSSR count). The zero-order valence-corrected chi connectivity index (χ0v) is 18.3. The number of nitriles is 1. The van der Waals surface area contributed by atoms with Crippen molar-refractivity contribution in [1.29, 1.82) is 5.26 Å². The van der Waals surface area contributed by atoms with Gasteiger partial charge in [0, 0.05) is 11.6 Å². The van der Waals surface area contributed by atoms with Crippen LogP contribution < -0.4 is 10.3 Å². The first-order chi connectivity index (χ1) is 15.0. The number of unbranched alkanes of at least 4 members (excludes halogenated alkanes) is 2. The largest absolute Gasteiger partial charge is 0.494 e. The number of ether oxygens (including phenoxy) is 1. The Bertz CT molecular complexity index is 1030. The van der Waals surface area contributed by atoms with Gasteiger partial charge in [0.05, 0.1) is 12.2 Å². The molecule has 1 heterocycles. The highest BCUT2D eigenvalue weighted by Gasteiger charge is 2.28. The van der Waals surface area contributed by atoms with Crippen LogP contribution in [0.3, 0.4) is 0 Å². The molecule has 31 heavy (non-hydrogen) atoms. The van der Waals surface area contributed by atoms with Crippen molar-refractivity contribution in [3.8, 4) is 17.7 Å². The number of benzene rings is 1. The van der Waals surface area contributed by atoms with Crippen LogP contribution in [0.1, 0.15) is 91.4 Å². The average molecular weight is 423 g/mol. The molecule has 0 bridgehead atoms. The van der Waals surface area contributed by atoms with Crippen LogP contribution in [0.5, 0.6) is 11.6 Å². The Labute approximate surface area is 183 Å². The smallest absolute Gasteiger partial charge is 0.271 e. The molecule has 0 spiro atoms. The first-order valence-corrected chi connectivity index (χ1v) is 11.1. The number of nitrogens with zero attached hydrogens (tertiary/aromatic N) is 2. The van der Waals surface area contributed by atoms with Gasteiger partial charge in [0.1, 0.15) is 17.4 Å². The van der Waals surface area contributed by atoms with Crippen LogP contribution in [-0.2, 0) is 0 Å². The van der Waals surface area contributed by atoms with E-state index in [1.165, 1.54) is 4.57 Å². The van der Waals surface area contributed by atoms with Gasteiger partial charge in [0.25, 0.3) is 5.56 Å². The summed E-state index contributed by atoms with van der Waals surface area (Å²) in [5.74, 6) is -0.0645. The SMILES string of the molecule is CCCCCOc1ccc(C(=O)c2c(C)c(C#N)c(=O)n(C3CCCCC3)c2O)cc1. The zero-order valence-electron chi connectivity index (χ0n) is 18.3. The molecule has 2 aromatic rings. The highest BCUT2D eigenvalue weighted by molar-refractivity contribution is 6.11. The molecule has 1 aliphatic carbocycles. The highest BCUT2D eigenvalue weighted by Crippen LogP contribution is 2.33. The zero-order chi connectivity index (χ0) is 22.4. The minimum absolute atomic E-state index is 0.0262. The summed E-state index contributed by atoms with van der Waals surface area (Å²) in [6, 6.07) is 8.51. The van der Waals surface area contributed by atoms with Crippen LogP contribution >= 0.6 is 0 Å². The summed E-state index contributed by atoms with van der Waals surface area (Å²) in [7, 11) is 0. The van der Waals surface area contributed by atoms with E-state index in [-0.39, 0.29) is 28.6 Å². The molecular formula is C25H30N2O4. The molecular weight excluding hydrogens is 392 g/mol. The molecule has 1 N–H and O–H groups in total. The summed E-state index contributed by atoms with van der Waals surface area (Å²) in [5, 5.41) is 20.6. The van der Waals surface area contributed by atoms with Crippen molar-refractivity contribution >= 4 is 5.78 Å². The molecule has 0 atom stereocenters. The minimum Gasteiger partial charge on any atom is -0.494 e. The third-order valence-corrected chi connectivity index (χ3v) is 6.05. The summed E-state index contributed by atoms with van der Waals surface area (Å²) >= 11 is 0. The van der Waals surface area contributed by atoms with Gasteiger partial charge in [0.2, 0.25) is 5.88 Å². The maximum atomic E-state index is 13.3. The van der Waals surface area contributed by atoms with Crippen molar-refractivity contribution in [2.45, 2.75) is 71.3 Å². The van der Waals surface area contributed by atoms with E-state index >= 15 is 0 Å². The molecule has 0 radical (unpaired) electrons. The van der Waals surface area contributed by atoms with Gasteiger partial charge in [-0.15, -0.1) is 0 Å². The second kappa shape index (κ2) is 10.3. The van der Waals surface area contributed by atoms with Crippen LogP contribution in [0.25, 0.3) is 0 Å². The van der Waals surface area contributed by atoms with Gasteiger partial charge in [-0.05, 0) is 56.0 Å². The van der Waals surface area contributed by atoms with Gasteiger partial charge in [-0.2, -0.15) is 5.26 Å². The molecule has 0 amide bonds. The van der Waals surface area contributed by atoms with E-state index in [2.05, 4.69) is 6.92 Å². The van der Waals surface area contributed by atoms with E-state index in [4.69, 9.17) is 4.74 Å². The van der Waals surface area contributed by atoms with E-state index in [9.17, 15) is 20.0 Å². The second-order valence-corrected chi connectivity index (χ2v) is 8.19. The average Bonchev–Trinajstić information content (AvgIpc) is 2.78. The van der Waals surface area contributed by atoms with Crippen molar-refractivity contribution in [1.82, 2.24) is 4.57 Å². The third kappa shape index (κ3) is 4.82. The van der Waals surface area contributed by atoms with E-state index in [0.717, 1.165) is 51.4 Å². The lowest BCUT2D eigenvalue weighted by Gasteiger charge is -2.26. The first-order valence-electron chi connectivity index (χ1n) is 11.1. The normalized spacial score (nSPS) is 14.2. The Hall–Kier alpha value is -3.07. The molecule has 1 saturated carbocycles. The topological polar surface area (TPSA) is 92.3 Å². The van der Waals surface area contributed by atoms with Crippen LogP contribution in [0.4, 0.5) is 0 Å². The molecule has 1 aliphatic rings. The molecule has 164 valence electrons. The summed E-state index contributed by atoms with van der Waals surface area (Å²) < 4.78 is 6.96. The predicted octanol–water partition coefficient (Wildman–Crippen LogP) is 5.04. The Morgan fingerprint density at radius 1 is 1.19 bits per heavy atom. The van der Waals surface area contributed by atoms with Gasteiger partial charge < -0.3 is 9.84 Å². The van der Waals surface area contributed by atoms with Crippen molar-refractivity contribution in [3.63, 3.8) is 0 Å². The maximum absolute atomic E-state index is 13.3. The van der Waals surface area contributed by atoms with Gasteiger partial charge >= 0.3 is 0 Å².